The van der Waals surface area contributed by atoms with Crippen molar-refractivity contribution in [1.29, 1.82) is 0 Å². The summed E-state index contributed by atoms with van der Waals surface area (Å²) in [5, 5.41) is 5.84. The fourth-order valence-electron chi connectivity index (χ4n) is 2.34. The van der Waals surface area contributed by atoms with Crippen LogP contribution < -0.4 is 15.4 Å². The largest absolute Gasteiger partial charge is 0.497 e. The van der Waals surface area contributed by atoms with Crippen molar-refractivity contribution in [3.63, 3.8) is 0 Å². The molecule has 0 heterocycles. The molecule has 4 nitrogen and oxygen atoms in total. The number of hydrogen-bond acceptors (Lipinski definition) is 2. The van der Waals surface area contributed by atoms with Crippen LogP contribution >= 0.6 is 0 Å². The molecular formula is C19H24N2O2. The van der Waals surface area contributed by atoms with Gasteiger partial charge in [-0.05, 0) is 43.0 Å². The van der Waals surface area contributed by atoms with Crippen LogP contribution in [0.3, 0.4) is 0 Å². The van der Waals surface area contributed by atoms with Crippen LogP contribution in [0, 0.1) is 0 Å². The Kier molecular flexibility index (Phi) is 6.48. The van der Waals surface area contributed by atoms with E-state index in [9.17, 15) is 4.79 Å². The van der Waals surface area contributed by atoms with Crippen molar-refractivity contribution in [2.75, 3.05) is 7.11 Å². The standard InChI is InChI=1S/C19H24N2O2/c1-15(11-12-16-7-4-3-5-8-16)21-19(22)20-14-17-9-6-10-18(13-17)23-2/h3-10,13,15H,11-12,14H2,1-2H3,(H2,20,21,22). The minimum absolute atomic E-state index is 0.125. The Hall–Kier alpha value is -2.49. The lowest BCUT2D eigenvalue weighted by molar-refractivity contribution is 0.237. The first kappa shape index (κ1) is 16.9. The molecule has 0 bridgehead atoms. The van der Waals surface area contributed by atoms with Crippen molar-refractivity contribution >= 4 is 6.03 Å². The van der Waals surface area contributed by atoms with E-state index >= 15 is 0 Å². The third-order valence-electron chi connectivity index (χ3n) is 3.67. The fraction of sp³-hybridized carbons (Fsp3) is 0.316. The first-order valence-electron chi connectivity index (χ1n) is 7.88. The topological polar surface area (TPSA) is 50.4 Å². The molecule has 2 aromatic rings. The smallest absolute Gasteiger partial charge is 0.315 e. The van der Waals surface area contributed by atoms with Crippen LogP contribution in [0.25, 0.3) is 0 Å². The van der Waals surface area contributed by atoms with Gasteiger partial charge in [-0.2, -0.15) is 0 Å². The molecule has 122 valence electrons. The summed E-state index contributed by atoms with van der Waals surface area (Å²) < 4.78 is 5.17. The Morgan fingerprint density at radius 3 is 2.57 bits per heavy atom. The van der Waals surface area contributed by atoms with Crippen molar-refractivity contribution in [2.24, 2.45) is 0 Å². The molecule has 0 aliphatic carbocycles. The second-order valence-electron chi connectivity index (χ2n) is 5.60. The van der Waals surface area contributed by atoms with Gasteiger partial charge in [-0.3, -0.25) is 0 Å². The number of aryl methyl sites for hydroxylation is 1. The fourth-order valence-corrected chi connectivity index (χ4v) is 2.34. The maximum Gasteiger partial charge on any atom is 0.315 e. The predicted molar refractivity (Wildman–Crippen MR) is 92.6 cm³/mol. The van der Waals surface area contributed by atoms with Gasteiger partial charge in [0.15, 0.2) is 0 Å². The summed E-state index contributed by atoms with van der Waals surface area (Å²) in [7, 11) is 1.63. The van der Waals surface area contributed by atoms with Crippen LogP contribution in [0.15, 0.2) is 54.6 Å². The molecule has 0 spiro atoms. The normalized spacial score (nSPS) is 11.6. The minimum Gasteiger partial charge on any atom is -0.497 e. The number of carbonyl (C=O) groups is 1. The van der Waals surface area contributed by atoms with Crippen LogP contribution in [0.1, 0.15) is 24.5 Å². The number of carbonyl (C=O) groups excluding carboxylic acids is 1. The van der Waals surface area contributed by atoms with E-state index in [1.165, 1.54) is 5.56 Å². The van der Waals surface area contributed by atoms with E-state index in [-0.39, 0.29) is 12.1 Å². The quantitative estimate of drug-likeness (QED) is 0.822. The lowest BCUT2D eigenvalue weighted by Gasteiger charge is -2.15. The van der Waals surface area contributed by atoms with Crippen molar-refractivity contribution < 1.29 is 9.53 Å². The number of amides is 2. The summed E-state index contributed by atoms with van der Waals surface area (Å²) in [5.74, 6) is 0.793. The van der Waals surface area contributed by atoms with E-state index in [1.54, 1.807) is 7.11 Å². The second-order valence-corrected chi connectivity index (χ2v) is 5.60. The molecule has 0 aliphatic rings. The monoisotopic (exact) mass is 312 g/mol. The Bertz CT molecular complexity index is 614. The van der Waals surface area contributed by atoms with E-state index in [1.807, 2.05) is 49.4 Å². The zero-order valence-electron chi connectivity index (χ0n) is 13.7. The van der Waals surface area contributed by atoms with E-state index in [4.69, 9.17) is 4.74 Å². The average molecular weight is 312 g/mol. The van der Waals surface area contributed by atoms with Crippen LogP contribution in [0.4, 0.5) is 4.79 Å². The highest BCUT2D eigenvalue weighted by molar-refractivity contribution is 5.74. The molecule has 0 saturated heterocycles. The number of hydrogen-bond donors (Lipinski definition) is 2. The molecule has 0 radical (unpaired) electrons. The van der Waals surface area contributed by atoms with Crippen LogP contribution in [-0.4, -0.2) is 19.2 Å². The van der Waals surface area contributed by atoms with Gasteiger partial charge in [-0.15, -0.1) is 0 Å². The number of ether oxygens (including phenoxy) is 1. The summed E-state index contributed by atoms with van der Waals surface area (Å²) in [6.45, 7) is 2.50. The predicted octanol–water partition coefficient (Wildman–Crippen LogP) is 3.52. The number of nitrogens with one attached hydrogen (secondary N) is 2. The van der Waals surface area contributed by atoms with Crippen LogP contribution in [-0.2, 0) is 13.0 Å². The summed E-state index contributed by atoms with van der Waals surface area (Å²) in [4.78, 5) is 11.9. The lowest BCUT2D eigenvalue weighted by Crippen LogP contribution is -2.40. The molecule has 2 amide bonds. The highest BCUT2D eigenvalue weighted by Crippen LogP contribution is 2.12. The number of methoxy groups -OCH3 is 1. The van der Waals surface area contributed by atoms with Crippen LogP contribution in [0.2, 0.25) is 0 Å². The van der Waals surface area contributed by atoms with Gasteiger partial charge >= 0.3 is 6.03 Å². The molecule has 0 aromatic heterocycles. The molecule has 0 saturated carbocycles. The van der Waals surface area contributed by atoms with E-state index < -0.39 is 0 Å². The third-order valence-corrected chi connectivity index (χ3v) is 3.67. The summed E-state index contributed by atoms with van der Waals surface area (Å²) in [5.41, 5.74) is 2.30. The zero-order chi connectivity index (χ0) is 16.5. The van der Waals surface area contributed by atoms with E-state index in [2.05, 4.69) is 22.8 Å². The summed E-state index contributed by atoms with van der Waals surface area (Å²) in [6.07, 6.45) is 1.87. The highest BCUT2D eigenvalue weighted by Gasteiger charge is 2.07. The van der Waals surface area contributed by atoms with Crippen molar-refractivity contribution in [3.05, 3.63) is 65.7 Å². The Morgan fingerprint density at radius 2 is 1.83 bits per heavy atom. The molecule has 1 unspecified atom stereocenters. The lowest BCUT2D eigenvalue weighted by atomic mass is 10.1. The van der Waals surface area contributed by atoms with Gasteiger partial charge in [-0.25, -0.2) is 4.79 Å². The zero-order valence-corrected chi connectivity index (χ0v) is 13.7. The minimum atomic E-state index is -0.145. The van der Waals surface area contributed by atoms with Gasteiger partial charge in [-0.1, -0.05) is 42.5 Å². The average Bonchev–Trinajstić information content (AvgIpc) is 2.59. The number of urea groups is 1. The Labute approximate surface area is 137 Å². The number of rotatable bonds is 7. The van der Waals surface area contributed by atoms with Crippen molar-refractivity contribution in [1.82, 2.24) is 10.6 Å². The van der Waals surface area contributed by atoms with Crippen molar-refractivity contribution in [3.8, 4) is 5.75 Å². The molecule has 2 rings (SSSR count). The molecule has 1 atom stereocenters. The molecule has 0 aliphatic heterocycles. The Morgan fingerprint density at radius 1 is 1.09 bits per heavy atom. The van der Waals surface area contributed by atoms with Crippen LogP contribution in [0.5, 0.6) is 5.75 Å². The Balaban J connectivity index is 1.71. The molecular weight excluding hydrogens is 288 g/mol. The third kappa shape index (κ3) is 6.02. The molecule has 2 N–H and O–H groups in total. The maximum atomic E-state index is 11.9. The molecule has 2 aromatic carbocycles. The van der Waals surface area contributed by atoms with E-state index in [0.29, 0.717) is 6.54 Å². The highest BCUT2D eigenvalue weighted by atomic mass is 16.5. The van der Waals surface area contributed by atoms with Crippen molar-refractivity contribution in [2.45, 2.75) is 32.4 Å². The molecule has 0 fully saturated rings. The van der Waals surface area contributed by atoms with Gasteiger partial charge in [0.25, 0.3) is 0 Å². The first-order valence-corrected chi connectivity index (χ1v) is 7.88. The SMILES string of the molecule is COc1cccc(CNC(=O)NC(C)CCc2ccccc2)c1. The molecule has 23 heavy (non-hydrogen) atoms. The second kappa shape index (κ2) is 8.83. The van der Waals surface area contributed by atoms with Gasteiger partial charge in [0.05, 0.1) is 7.11 Å². The van der Waals surface area contributed by atoms with E-state index in [0.717, 1.165) is 24.2 Å². The van der Waals surface area contributed by atoms with Gasteiger partial charge in [0.2, 0.25) is 0 Å². The molecule has 4 heteroatoms. The van der Waals surface area contributed by atoms with Gasteiger partial charge < -0.3 is 15.4 Å². The van der Waals surface area contributed by atoms with Gasteiger partial charge in [0.1, 0.15) is 5.75 Å². The number of benzene rings is 2. The summed E-state index contributed by atoms with van der Waals surface area (Å²) >= 11 is 0. The summed E-state index contributed by atoms with van der Waals surface area (Å²) in [6, 6.07) is 17.9. The maximum absolute atomic E-state index is 11.9. The first-order chi connectivity index (χ1) is 11.2. The van der Waals surface area contributed by atoms with Gasteiger partial charge in [0, 0.05) is 12.6 Å².